The van der Waals surface area contributed by atoms with Gasteiger partial charge in [-0.15, -0.1) is 0 Å². The second kappa shape index (κ2) is 4.19. The van der Waals surface area contributed by atoms with E-state index in [0.717, 1.165) is 24.5 Å². The Balaban J connectivity index is 2.12. The SMILES string of the molecule is Cc1ccc(O)c(CN2CCCC2C)n1. The summed E-state index contributed by atoms with van der Waals surface area (Å²) < 4.78 is 0. The van der Waals surface area contributed by atoms with Crippen LogP contribution in [-0.2, 0) is 6.54 Å². The van der Waals surface area contributed by atoms with Crippen LogP contribution in [0.4, 0.5) is 0 Å². The zero-order valence-electron chi connectivity index (χ0n) is 9.40. The molecule has 0 amide bonds. The van der Waals surface area contributed by atoms with Crippen molar-refractivity contribution in [3.05, 3.63) is 23.5 Å². The molecule has 1 aromatic heterocycles. The smallest absolute Gasteiger partial charge is 0.138 e. The summed E-state index contributed by atoms with van der Waals surface area (Å²) in [6.45, 7) is 6.08. The van der Waals surface area contributed by atoms with Gasteiger partial charge < -0.3 is 5.11 Å². The van der Waals surface area contributed by atoms with Crippen LogP contribution in [0.2, 0.25) is 0 Å². The molecular formula is C12H18N2O. The van der Waals surface area contributed by atoms with Crippen molar-refractivity contribution in [3.63, 3.8) is 0 Å². The Morgan fingerprint density at radius 2 is 2.33 bits per heavy atom. The highest BCUT2D eigenvalue weighted by Crippen LogP contribution is 2.22. The molecule has 0 aromatic carbocycles. The lowest BCUT2D eigenvalue weighted by molar-refractivity contribution is 0.253. The fourth-order valence-corrected chi connectivity index (χ4v) is 2.14. The van der Waals surface area contributed by atoms with Crippen LogP contribution in [0.1, 0.15) is 31.2 Å². The number of aryl methyl sites for hydroxylation is 1. The molecule has 0 radical (unpaired) electrons. The summed E-state index contributed by atoms with van der Waals surface area (Å²) in [7, 11) is 0. The normalized spacial score (nSPS) is 22.1. The maximum absolute atomic E-state index is 9.69. The van der Waals surface area contributed by atoms with Crippen molar-refractivity contribution >= 4 is 0 Å². The van der Waals surface area contributed by atoms with Gasteiger partial charge in [0.05, 0.1) is 5.69 Å². The van der Waals surface area contributed by atoms with Crippen molar-refractivity contribution in [1.29, 1.82) is 0 Å². The summed E-state index contributed by atoms with van der Waals surface area (Å²) in [6.07, 6.45) is 2.51. The van der Waals surface area contributed by atoms with Crippen LogP contribution in [0, 0.1) is 6.92 Å². The molecule has 1 fully saturated rings. The Morgan fingerprint density at radius 3 is 3.00 bits per heavy atom. The Hall–Kier alpha value is -1.09. The van der Waals surface area contributed by atoms with Gasteiger partial charge in [-0.2, -0.15) is 0 Å². The zero-order chi connectivity index (χ0) is 10.8. The van der Waals surface area contributed by atoms with Crippen LogP contribution >= 0.6 is 0 Å². The van der Waals surface area contributed by atoms with Crippen LogP contribution in [-0.4, -0.2) is 27.6 Å². The fourth-order valence-electron chi connectivity index (χ4n) is 2.14. The fraction of sp³-hybridized carbons (Fsp3) is 0.583. The second-order valence-electron chi connectivity index (χ2n) is 4.38. The molecule has 82 valence electrons. The van der Waals surface area contributed by atoms with E-state index in [9.17, 15) is 5.11 Å². The van der Waals surface area contributed by atoms with Crippen molar-refractivity contribution in [2.75, 3.05) is 6.54 Å². The molecule has 0 saturated carbocycles. The first kappa shape index (κ1) is 10.4. The van der Waals surface area contributed by atoms with E-state index in [1.165, 1.54) is 12.8 Å². The van der Waals surface area contributed by atoms with E-state index in [4.69, 9.17) is 0 Å². The highest BCUT2D eigenvalue weighted by atomic mass is 16.3. The minimum absolute atomic E-state index is 0.319. The number of hydrogen-bond acceptors (Lipinski definition) is 3. The molecular weight excluding hydrogens is 188 g/mol. The molecule has 15 heavy (non-hydrogen) atoms. The van der Waals surface area contributed by atoms with E-state index in [1.807, 2.05) is 13.0 Å². The summed E-state index contributed by atoms with van der Waals surface area (Å²) in [4.78, 5) is 6.76. The molecule has 1 aromatic rings. The van der Waals surface area contributed by atoms with Crippen molar-refractivity contribution < 1.29 is 5.11 Å². The van der Waals surface area contributed by atoms with Gasteiger partial charge in [-0.25, -0.2) is 0 Å². The van der Waals surface area contributed by atoms with Gasteiger partial charge in [-0.3, -0.25) is 9.88 Å². The predicted molar refractivity (Wildman–Crippen MR) is 59.7 cm³/mol. The third-order valence-electron chi connectivity index (χ3n) is 3.13. The highest BCUT2D eigenvalue weighted by molar-refractivity contribution is 5.27. The Morgan fingerprint density at radius 1 is 1.53 bits per heavy atom. The molecule has 3 heteroatoms. The van der Waals surface area contributed by atoms with E-state index in [1.54, 1.807) is 6.07 Å². The minimum Gasteiger partial charge on any atom is -0.506 e. The first-order valence-electron chi connectivity index (χ1n) is 5.56. The van der Waals surface area contributed by atoms with Crippen LogP contribution < -0.4 is 0 Å². The van der Waals surface area contributed by atoms with E-state index >= 15 is 0 Å². The van der Waals surface area contributed by atoms with E-state index < -0.39 is 0 Å². The predicted octanol–water partition coefficient (Wildman–Crippen LogP) is 2.08. The number of hydrogen-bond donors (Lipinski definition) is 1. The molecule has 1 unspecified atom stereocenters. The number of likely N-dealkylation sites (tertiary alicyclic amines) is 1. The van der Waals surface area contributed by atoms with Crippen molar-refractivity contribution in [2.45, 2.75) is 39.3 Å². The summed E-state index contributed by atoms with van der Waals surface area (Å²) in [5.41, 5.74) is 1.78. The third-order valence-corrected chi connectivity index (χ3v) is 3.13. The molecule has 1 aliphatic heterocycles. The molecule has 3 nitrogen and oxygen atoms in total. The van der Waals surface area contributed by atoms with Crippen molar-refractivity contribution in [3.8, 4) is 5.75 Å². The number of nitrogens with zero attached hydrogens (tertiary/aromatic N) is 2. The van der Waals surface area contributed by atoms with Crippen LogP contribution in [0.3, 0.4) is 0 Å². The van der Waals surface area contributed by atoms with Gasteiger partial charge in [0.2, 0.25) is 0 Å². The van der Waals surface area contributed by atoms with Crippen LogP contribution in [0.15, 0.2) is 12.1 Å². The molecule has 0 spiro atoms. The summed E-state index contributed by atoms with van der Waals surface area (Å²) in [6, 6.07) is 4.19. The number of pyridine rings is 1. The van der Waals surface area contributed by atoms with E-state index in [0.29, 0.717) is 11.8 Å². The molecule has 1 N–H and O–H groups in total. The number of aromatic hydroxyl groups is 1. The third kappa shape index (κ3) is 2.29. The van der Waals surface area contributed by atoms with Gasteiger partial charge in [0.1, 0.15) is 5.75 Å². The molecule has 2 heterocycles. The van der Waals surface area contributed by atoms with Gasteiger partial charge >= 0.3 is 0 Å². The monoisotopic (exact) mass is 206 g/mol. The highest BCUT2D eigenvalue weighted by Gasteiger charge is 2.21. The second-order valence-corrected chi connectivity index (χ2v) is 4.38. The number of aromatic nitrogens is 1. The number of rotatable bonds is 2. The van der Waals surface area contributed by atoms with E-state index in [2.05, 4.69) is 16.8 Å². The van der Waals surface area contributed by atoms with Gasteiger partial charge in [-0.1, -0.05) is 0 Å². The summed E-state index contributed by atoms with van der Waals surface area (Å²) >= 11 is 0. The largest absolute Gasteiger partial charge is 0.506 e. The quantitative estimate of drug-likeness (QED) is 0.804. The molecule has 1 saturated heterocycles. The molecule has 2 rings (SSSR count). The molecule has 1 aliphatic rings. The first-order valence-corrected chi connectivity index (χ1v) is 5.56. The molecule has 0 aliphatic carbocycles. The Labute approximate surface area is 90.8 Å². The topological polar surface area (TPSA) is 36.4 Å². The standard InChI is InChI=1S/C12H18N2O/c1-9-5-6-12(15)11(13-9)8-14-7-3-4-10(14)2/h5-6,10,15H,3-4,7-8H2,1-2H3. The Bertz CT molecular complexity index is 351. The lowest BCUT2D eigenvalue weighted by atomic mass is 10.2. The van der Waals surface area contributed by atoms with Gasteiger partial charge in [0.15, 0.2) is 0 Å². The Kier molecular flexibility index (Phi) is 2.91. The molecule has 1 atom stereocenters. The summed E-state index contributed by atoms with van der Waals surface area (Å²) in [5.74, 6) is 0.319. The van der Waals surface area contributed by atoms with Crippen molar-refractivity contribution in [1.82, 2.24) is 9.88 Å². The lowest BCUT2D eigenvalue weighted by Gasteiger charge is -2.20. The zero-order valence-corrected chi connectivity index (χ0v) is 9.40. The minimum atomic E-state index is 0.319. The van der Waals surface area contributed by atoms with Crippen LogP contribution in [0.5, 0.6) is 5.75 Å². The maximum Gasteiger partial charge on any atom is 0.138 e. The van der Waals surface area contributed by atoms with E-state index in [-0.39, 0.29) is 0 Å². The van der Waals surface area contributed by atoms with Gasteiger partial charge in [0.25, 0.3) is 0 Å². The summed E-state index contributed by atoms with van der Waals surface area (Å²) in [5, 5.41) is 9.69. The average molecular weight is 206 g/mol. The first-order chi connectivity index (χ1) is 7.16. The maximum atomic E-state index is 9.69. The lowest BCUT2D eigenvalue weighted by Crippen LogP contribution is -2.26. The van der Waals surface area contributed by atoms with Gasteiger partial charge in [-0.05, 0) is 45.4 Å². The van der Waals surface area contributed by atoms with Crippen LogP contribution in [0.25, 0.3) is 0 Å². The average Bonchev–Trinajstić information content (AvgIpc) is 2.58. The molecule has 0 bridgehead atoms. The van der Waals surface area contributed by atoms with Crippen molar-refractivity contribution in [2.24, 2.45) is 0 Å². The van der Waals surface area contributed by atoms with Gasteiger partial charge in [0, 0.05) is 18.3 Å².